The zero-order valence-electron chi connectivity index (χ0n) is 21.5. The molecule has 1 atom stereocenters. The van der Waals surface area contributed by atoms with E-state index < -0.39 is 17.7 Å². The first-order valence-electron chi connectivity index (χ1n) is 12.4. The van der Waals surface area contributed by atoms with Gasteiger partial charge in [-0.1, -0.05) is 42.5 Å². The SMILES string of the molecule is Cc1cc(C)cc(N2C(=O)C(=O)/C(=C(\O)c3ccc(OCc4ccccc4)c(C)c3)C2c2ccccn2)c1. The number of Topliss-reactive ketones (excluding diaryl/α,β-unsaturated/α-hetero) is 1. The van der Waals surface area contributed by atoms with Crippen LogP contribution in [0.2, 0.25) is 0 Å². The van der Waals surface area contributed by atoms with Gasteiger partial charge in [0.25, 0.3) is 11.7 Å². The van der Waals surface area contributed by atoms with E-state index in [9.17, 15) is 14.7 Å². The average molecular weight is 505 g/mol. The number of hydrogen-bond donors (Lipinski definition) is 1. The lowest BCUT2D eigenvalue weighted by Gasteiger charge is -2.25. The molecule has 1 aliphatic rings. The number of carbonyl (C=O) groups is 2. The molecule has 2 heterocycles. The molecule has 190 valence electrons. The minimum atomic E-state index is -0.869. The van der Waals surface area contributed by atoms with Crippen LogP contribution in [0.25, 0.3) is 5.76 Å². The minimum absolute atomic E-state index is 0.00483. The van der Waals surface area contributed by atoms with Crippen LogP contribution in [0.3, 0.4) is 0 Å². The van der Waals surface area contributed by atoms with Gasteiger partial charge in [0.05, 0.1) is 11.3 Å². The summed E-state index contributed by atoms with van der Waals surface area (Å²) in [5, 5.41) is 11.4. The van der Waals surface area contributed by atoms with E-state index in [4.69, 9.17) is 4.74 Å². The van der Waals surface area contributed by atoms with E-state index in [1.807, 2.05) is 69.3 Å². The van der Waals surface area contributed by atoms with E-state index in [1.54, 1.807) is 42.6 Å². The number of nitrogens with zero attached hydrogens (tertiary/aromatic N) is 2. The van der Waals surface area contributed by atoms with Gasteiger partial charge in [0, 0.05) is 17.4 Å². The number of aliphatic hydroxyl groups excluding tert-OH is 1. The Hall–Kier alpha value is -4.71. The van der Waals surface area contributed by atoms with Gasteiger partial charge in [-0.3, -0.25) is 19.5 Å². The second-order valence-corrected chi connectivity index (χ2v) is 9.52. The van der Waals surface area contributed by atoms with Gasteiger partial charge >= 0.3 is 0 Å². The van der Waals surface area contributed by atoms with E-state index in [0.717, 1.165) is 22.3 Å². The first-order valence-corrected chi connectivity index (χ1v) is 12.4. The van der Waals surface area contributed by atoms with Crippen molar-refractivity contribution in [2.24, 2.45) is 0 Å². The van der Waals surface area contributed by atoms with Gasteiger partial charge in [-0.2, -0.15) is 0 Å². The summed E-state index contributed by atoms with van der Waals surface area (Å²) in [7, 11) is 0. The summed E-state index contributed by atoms with van der Waals surface area (Å²) in [5.74, 6) is -1.03. The summed E-state index contributed by atoms with van der Waals surface area (Å²) in [6, 6.07) is 25.2. The number of carbonyl (C=O) groups excluding carboxylic acids is 2. The monoisotopic (exact) mass is 504 g/mol. The summed E-state index contributed by atoms with van der Waals surface area (Å²) in [6.45, 7) is 6.16. The number of pyridine rings is 1. The van der Waals surface area contributed by atoms with E-state index in [2.05, 4.69) is 4.98 Å². The summed E-state index contributed by atoms with van der Waals surface area (Å²) in [4.78, 5) is 32.7. The maximum absolute atomic E-state index is 13.4. The average Bonchev–Trinajstić information content (AvgIpc) is 3.18. The molecule has 1 aromatic heterocycles. The quantitative estimate of drug-likeness (QED) is 0.192. The van der Waals surface area contributed by atoms with Gasteiger partial charge in [-0.15, -0.1) is 0 Å². The lowest BCUT2D eigenvalue weighted by molar-refractivity contribution is -0.132. The van der Waals surface area contributed by atoms with Crippen LogP contribution in [-0.4, -0.2) is 21.8 Å². The molecule has 0 saturated carbocycles. The Kier molecular flexibility index (Phi) is 6.79. The van der Waals surface area contributed by atoms with Crippen molar-refractivity contribution < 1.29 is 19.4 Å². The number of hydrogen-bond acceptors (Lipinski definition) is 5. The Bertz CT molecular complexity index is 1520. The zero-order valence-corrected chi connectivity index (χ0v) is 21.5. The van der Waals surface area contributed by atoms with Crippen LogP contribution in [0.15, 0.2) is 96.7 Å². The van der Waals surface area contributed by atoms with Crippen molar-refractivity contribution >= 4 is 23.1 Å². The second kappa shape index (κ2) is 10.3. The fourth-order valence-electron chi connectivity index (χ4n) is 4.86. The fraction of sp³-hybridized carbons (Fsp3) is 0.156. The lowest BCUT2D eigenvalue weighted by atomic mass is 9.97. The largest absolute Gasteiger partial charge is 0.507 e. The Morgan fingerprint density at radius 3 is 2.26 bits per heavy atom. The molecular formula is C32H28N2O4. The van der Waals surface area contributed by atoms with Gasteiger partial charge in [-0.25, -0.2) is 0 Å². The molecule has 1 amide bonds. The predicted molar refractivity (Wildman–Crippen MR) is 147 cm³/mol. The van der Waals surface area contributed by atoms with E-state index in [0.29, 0.717) is 29.3 Å². The highest BCUT2D eigenvalue weighted by Gasteiger charge is 2.47. The molecule has 0 spiro atoms. The van der Waals surface area contributed by atoms with Crippen LogP contribution in [0.1, 0.15) is 39.6 Å². The number of aryl methyl sites for hydroxylation is 3. The standard InChI is InChI=1S/C32H28N2O4/c1-20-15-21(2)17-25(16-20)34-29(26-11-7-8-14-33-26)28(31(36)32(34)37)30(35)24-12-13-27(22(3)18-24)38-19-23-9-5-4-6-10-23/h4-18,29,35H,19H2,1-3H3/b30-28-. The smallest absolute Gasteiger partial charge is 0.300 e. The molecule has 1 fully saturated rings. The van der Waals surface area contributed by atoms with Crippen molar-refractivity contribution in [1.82, 2.24) is 4.98 Å². The molecule has 0 bridgehead atoms. The number of amides is 1. The Labute approximate surface area is 221 Å². The first-order chi connectivity index (χ1) is 18.3. The number of aliphatic hydroxyl groups is 1. The van der Waals surface area contributed by atoms with Crippen LogP contribution in [-0.2, 0) is 16.2 Å². The molecule has 1 N–H and O–H groups in total. The van der Waals surface area contributed by atoms with Crippen molar-refractivity contribution in [3.8, 4) is 5.75 Å². The molecule has 1 unspecified atom stereocenters. The van der Waals surface area contributed by atoms with Crippen molar-refractivity contribution in [3.63, 3.8) is 0 Å². The Morgan fingerprint density at radius 2 is 1.61 bits per heavy atom. The molecular weight excluding hydrogens is 476 g/mol. The number of ether oxygens (including phenoxy) is 1. The fourth-order valence-corrected chi connectivity index (χ4v) is 4.86. The number of anilines is 1. The topological polar surface area (TPSA) is 79.7 Å². The summed E-state index contributed by atoms with van der Waals surface area (Å²) < 4.78 is 5.97. The molecule has 1 aliphatic heterocycles. The van der Waals surface area contributed by atoms with Crippen molar-refractivity contribution in [1.29, 1.82) is 0 Å². The second-order valence-electron chi connectivity index (χ2n) is 9.52. The van der Waals surface area contributed by atoms with Crippen LogP contribution < -0.4 is 9.64 Å². The predicted octanol–water partition coefficient (Wildman–Crippen LogP) is 6.21. The maximum Gasteiger partial charge on any atom is 0.300 e. The zero-order chi connectivity index (χ0) is 26.8. The van der Waals surface area contributed by atoms with Gasteiger partial charge in [-0.05, 0) is 85.5 Å². The van der Waals surface area contributed by atoms with Crippen LogP contribution in [0.5, 0.6) is 5.75 Å². The third kappa shape index (κ3) is 4.81. The molecule has 1 saturated heterocycles. The van der Waals surface area contributed by atoms with Crippen molar-refractivity contribution in [2.45, 2.75) is 33.4 Å². The third-order valence-electron chi connectivity index (χ3n) is 6.58. The van der Waals surface area contributed by atoms with E-state index in [-0.39, 0.29) is 11.3 Å². The summed E-state index contributed by atoms with van der Waals surface area (Å²) in [5.41, 5.74) is 5.27. The van der Waals surface area contributed by atoms with Gasteiger partial charge in [0.1, 0.15) is 24.2 Å². The van der Waals surface area contributed by atoms with Gasteiger partial charge < -0.3 is 9.84 Å². The summed E-state index contributed by atoms with van der Waals surface area (Å²) >= 11 is 0. The molecule has 3 aromatic carbocycles. The summed E-state index contributed by atoms with van der Waals surface area (Å²) in [6.07, 6.45) is 1.61. The third-order valence-corrected chi connectivity index (χ3v) is 6.58. The maximum atomic E-state index is 13.4. The number of ketones is 1. The van der Waals surface area contributed by atoms with Crippen LogP contribution in [0.4, 0.5) is 5.69 Å². The molecule has 0 aliphatic carbocycles. The molecule has 38 heavy (non-hydrogen) atoms. The van der Waals surface area contributed by atoms with Gasteiger partial charge in [0.15, 0.2) is 0 Å². The molecule has 5 rings (SSSR count). The number of aromatic nitrogens is 1. The molecule has 4 aromatic rings. The van der Waals surface area contributed by atoms with Crippen LogP contribution >= 0.6 is 0 Å². The van der Waals surface area contributed by atoms with Crippen molar-refractivity contribution in [2.75, 3.05) is 4.90 Å². The Morgan fingerprint density at radius 1 is 0.895 bits per heavy atom. The molecule has 6 nitrogen and oxygen atoms in total. The normalized spacial score (nSPS) is 16.6. The number of benzene rings is 3. The highest BCUT2D eigenvalue weighted by Crippen LogP contribution is 2.42. The highest BCUT2D eigenvalue weighted by molar-refractivity contribution is 6.51. The highest BCUT2D eigenvalue weighted by atomic mass is 16.5. The Balaban J connectivity index is 1.56. The number of rotatable bonds is 6. The van der Waals surface area contributed by atoms with Crippen LogP contribution in [0, 0.1) is 20.8 Å². The lowest BCUT2D eigenvalue weighted by Crippen LogP contribution is -2.30. The van der Waals surface area contributed by atoms with Gasteiger partial charge in [0.2, 0.25) is 0 Å². The van der Waals surface area contributed by atoms with Crippen molar-refractivity contribution in [3.05, 3.63) is 130 Å². The molecule has 0 radical (unpaired) electrons. The van der Waals surface area contributed by atoms with E-state index in [1.165, 1.54) is 4.90 Å². The minimum Gasteiger partial charge on any atom is -0.507 e. The van der Waals surface area contributed by atoms with E-state index >= 15 is 0 Å². The first kappa shape index (κ1) is 25.0. The molecule has 6 heteroatoms.